The summed E-state index contributed by atoms with van der Waals surface area (Å²) in [6.45, 7) is 5.69. The Labute approximate surface area is 164 Å². The molecule has 1 aromatic carbocycles. The summed E-state index contributed by atoms with van der Waals surface area (Å²) in [6.07, 6.45) is 2.94. The smallest absolute Gasteiger partial charge is 0.266 e. The van der Waals surface area contributed by atoms with Crippen LogP contribution in [0.2, 0.25) is 5.02 Å². The third-order valence-electron chi connectivity index (χ3n) is 4.17. The van der Waals surface area contributed by atoms with Crippen molar-refractivity contribution in [3.63, 3.8) is 0 Å². The Hall–Kier alpha value is -2.84. The number of halogens is 1. The molecule has 0 spiro atoms. The van der Waals surface area contributed by atoms with E-state index >= 15 is 0 Å². The van der Waals surface area contributed by atoms with Gasteiger partial charge in [-0.15, -0.1) is 11.3 Å². The number of nitrogens with zero attached hydrogens (tertiary/aromatic N) is 5. The van der Waals surface area contributed by atoms with Gasteiger partial charge in [0, 0.05) is 11.1 Å². The number of anilines is 1. The number of rotatable bonds is 3. The molecule has 0 saturated carbocycles. The highest BCUT2D eigenvalue weighted by Gasteiger charge is 2.20. The molecule has 0 atom stereocenters. The maximum absolute atomic E-state index is 13.0. The first-order valence-corrected chi connectivity index (χ1v) is 9.34. The SMILES string of the molecule is Cc1nc(C)c2c(C)c(C(=O)Nc3cccc(Cl)c3-n3cncn3)sc2n1. The van der Waals surface area contributed by atoms with Crippen LogP contribution >= 0.6 is 22.9 Å². The summed E-state index contributed by atoms with van der Waals surface area (Å²) >= 11 is 7.68. The predicted octanol–water partition coefficient (Wildman–Crippen LogP) is 4.10. The van der Waals surface area contributed by atoms with E-state index in [0.717, 1.165) is 21.5 Å². The molecule has 27 heavy (non-hydrogen) atoms. The molecule has 0 radical (unpaired) electrons. The summed E-state index contributed by atoms with van der Waals surface area (Å²) in [5.41, 5.74) is 2.86. The normalized spacial score (nSPS) is 11.1. The maximum atomic E-state index is 13.0. The van der Waals surface area contributed by atoms with E-state index in [1.165, 1.54) is 28.7 Å². The Morgan fingerprint density at radius 2 is 2.04 bits per heavy atom. The van der Waals surface area contributed by atoms with Crippen LogP contribution < -0.4 is 5.32 Å². The van der Waals surface area contributed by atoms with Crippen LogP contribution in [0.1, 0.15) is 26.8 Å². The predicted molar refractivity (Wildman–Crippen MR) is 106 cm³/mol. The lowest BCUT2D eigenvalue weighted by Gasteiger charge is -2.12. The van der Waals surface area contributed by atoms with Crippen LogP contribution in [0.15, 0.2) is 30.9 Å². The number of aromatic nitrogens is 5. The molecule has 0 aliphatic heterocycles. The van der Waals surface area contributed by atoms with Crippen LogP contribution in [-0.4, -0.2) is 30.6 Å². The number of carbonyl (C=O) groups excluding carboxylic acids is 1. The zero-order valence-electron chi connectivity index (χ0n) is 14.8. The van der Waals surface area contributed by atoms with Crippen molar-refractivity contribution in [3.8, 4) is 5.69 Å². The van der Waals surface area contributed by atoms with Crippen molar-refractivity contribution < 1.29 is 4.79 Å². The second-order valence-corrected chi connectivity index (χ2v) is 7.43. The molecule has 0 aliphatic rings. The lowest BCUT2D eigenvalue weighted by Crippen LogP contribution is -2.14. The lowest BCUT2D eigenvalue weighted by molar-refractivity contribution is 0.103. The fourth-order valence-corrected chi connectivity index (χ4v) is 4.48. The van der Waals surface area contributed by atoms with Crippen molar-refractivity contribution in [2.45, 2.75) is 20.8 Å². The Balaban J connectivity index is 1.76. The Morgan fingerprint density at radius 1 is 1.22 bits per heavy atom. The quantitative estimate of drug-likeness (QED) is 0.561. The lowest BCUT2D eigenvalue weighted by atomic mass is 10.1. The van der Waals surface area contributed by atoms with Crippen molar-refractivity contribution in [1.82, 2.24) is 24.7 Å². The van der Waals surface area contributed by atoms with Crippen molar-refractivity contribution in [3.05, 3.63) is 57.8 Å². The van der Waals surface area contributed by atoms with Gasteiger partial charge in [0.2, 0.25) is 0 Å². The minimum atomic E-state index is -0.226. The van der Waals surface area contributed by atoms with E-state index in [4.69, 9.17) is 11.6 Å². The van der Waals surface area contributed by atoms with Gasteiger partial charge in [-0.3, -0.25) is 4.79 Å². The van der Waals surface area contributed by atoms with Gasteiger partial charge in [0.15, 0.2) is 0 Å². The minimum Gasteiger partial charge on any atom is -0.319 e. The molecule has 1 amide bonds. The van der Waals surface area contributed by atoms with Crippen LogP contribution in [-0.2, 0) is 0 Å². The second kappa shape index (κ2) is 6.71. The molecular weight excluding hydrogens is 384 g/mol. The average Bonchev–Trinajstić information content (AvgIpc) is 3.23. The first kappa shape index (κ1) is 17.6. The van der Waals surface area contributed by atoms with Crippen molar-refractivity contribution in [2.75, 3.05) is 5.32 Å². The highest BCUT2D eigenvalue weighted by molar-refractivity contribution is 7.20. The molecule has 136 valence electrons. The molecular formula is C18H15ClN6OS. The van der Waals surface area contributed by atoms with Gasteiger partial charge in [-0.25, -0.2) is 19.6 Å². The third kappa shape index (κ3) is 3.07. The second-order valence-electron chi connectivity index (χ2n) is 6.02. The first-order chi connectivity index (χ1) is 13.0. The van der Waals surface area contributed by atoms with Gasteiger partial charge >= 0.3 is 0 Å². The summed E-state index contributed by atoms with van der Waals surface area (Å²) in [7, 11) is 0. The molecule has 0 unspecified atom stereocenters. The zero-order chi connectivity index (χ0) is 19.1. The number of hydrogen-bond donors (Lipinski definition) is 1. The molecule has 0 saturated heterocycles. The van der Waals surface area contributed by atoms with E-state index in [1.807, 2.05) is 20.8 Å². The fraction of sp³-hybridized carbons (Fsp3) is 0.167. The number of hydrogen-bond acceptors (Lipinski definition) is 6. The van der Waals surface area contributed by atoms with Crippen LogP contribution in [0.5, 0.6) is 0 Å². The highest BCUT2D eigenvalue weighted by Crippen LogP contribution is 2.33. The summed E-state index contributed by atoms with van der Waals surface area (Å²) < 4.78 is 1.52. The van der Waals surface area contributed by atoms with E-state index < -0.39 is 0 Å². The average molecular weight is 399 g/mol. The first-order valence-electron chi connectivity index (χ1n) is 8.15. The molecule has 4 aromatic rings. The minimum absolute atomic E-state index is 0.226. The van der Waals surface area contributed by atoms with Gasteiger partial charge in [0.25, 0.3) is 5.91 Å². The number of carbonyl (C=O) groups is 1. The number of nitrogens with one attached hydrogen (secondary N) is 1. The Morgan fingerprint density at radius 3 is 2.78 bits per heavy atom. The van der Waals surface area contributed by atoms with Gasteiger partial charge in [0.05, 0.1) is 15.6 Å². The van der Waals surface area contributed by atoms with Crippen LogP contribution in [0.3, 0.4) is 0 Å². The van der Waals surface area contributed by atoms with Gasteiger partial charge in [-0.1, -0.05) is 17.7 Å². The molecule has 3 aromatic heterocycles. The maximum Gasteiger partial charge on any atom is 0.266 e. The van der Waals surface area contributed by atoms with E-state index in [1.54, 1.807) is 18.2 Å². The number of aryl methyl sites for hydroxylation is 3. The van der Waals surface area contributed by atoms with Crippen LogP contribution in [0.25, 0.3) is 15.9 Å². The van der Waals surface area contributed by atoms with Gasteiger partial charge < -0.3 is 5.32 Å². The summed E-state index contributed by atoms with van der Waals surface area (Å²) in [5.74, 6) is 0.465. The molecule has 9 heteroatoms. The van der Waals surface area contributed by atoms with Crippen molar-refractivity contribution >= 4 is 44.7 Å². The summed E-state index contributed by atoms with van der Waals surface area (Å²) in [6, 6.07) is 5.29. The fourth-order valence-electron chi connectivity index (χ4n) is 3.04. The van der Waals surface area contributed by atoms with Crippen molar-refractivity contribution in [1.29, 1.82) is 0 Å². The number of fused-ring (bicyclic) bond motifs is 1. The number of amides is 1. The molecule has 1 N–H and O–H groups in total. The highest BCUT2D eigenvalue weighted by atomic mass is 35.5. The van der Waals surface area contributed by atoms with Crippen LogP contribution in [0.4, 0.5) is 5.69 Å². The molecule has 0 fully saturated rings. The van der Waals surface area contributed by atoms with E-state index in [2.05, 4.69) is 25.4 Å². The standard InChI is InChI=1S/C18H15ClN6OS/c1-9-14-10(2)22-11(3)23-18(14)27-16(9)17(26)24-13-6-4-5-12(19)15(13)25-8-20-7-21-25/h4-8H,1-3H3,(H,24,26). The van der Waals surface area contributed by atoms with Crippen LogP contribution in [0, 0.1) is 20.8 Å². The van der Waals surface area contributed by atoms with Gasteiger partial charge in [-0.2, -0.15) is 5.10 Å². The molecule has 7 nitrogen and oxygen atoms in total. The molecule has 0 aliphatic carbocycles. The topological polar surface area (TPSA) is 85.6 Å². The van der Waals surface area contributed by atoms with E-state index in [9.17, 15) is 4.79 Å². The molecule has 3 heterocycles. The Kier molecular flexibility index (Phi) is 4.37. The largest absolute Gasteiger partial charge is 0.319 e. The van der Waals surface area contributed by atoms with Gasteiger partial charge in [-0.05, 0) is 38.5 Å². The summed E-state index contributed by atoms with van der Waals surface area (Å²) in [4.78, 5) is 27.2. The molecule has 4 rings (SSSR count). The number of para-hydroxylation sites is 1. The monoisotopic (exact) mass is 398 g/mol. The Bertz CT molecular complexity index is 1170. The van der Waals surface area contributed by atoms with Gasteiger partial charge in [0.1, 0.15) is 29.0 Å². The third-order valence-corrected chi connectivity index (χ3v) is 5.66. The number of benzene rings is 1. The van der Waals surface area contributed by atoms with E-state index in [0.29, 0.717) is 27.1 Å². The number of thiophene rings is 1. The summed E-state index contributed by atoms with van der Waals surface area (Å²) in [5, 5.41) is 8.45. The molecule has 0 bridgehead atoms. The zero-order valence-corrected chi connectivity index (χ0v) is 16.4. The van der Waals surface area contributed by atoms with Crippen molar-refractivity contribution in [2.24, 2.45) is 0 Å². The van der Waals surface area contributed by atoms with E-state index in [-0.39, 0.29) is 5.91 Å².